The van der Waals surface area contributed by atoms with Crippen molar-refractivity contribution >= 4 is 39.3 Å². The Morgan fingerprint density at radius 1 is 1.14 bits per heavy atom. The molecule has 0 atom stereocenters. The summed E-state index contributed by atoms with van der Waals surface area (Å²) in [5.74, 6) is 1.62. The van der Waals surface area contributed by atoms with E-state index in [0.717, 1.165) is 37.3 Å². The Labute approximate surface area is 175 Å². The number of carbonyl (C=O) groups is 1. The van der Waals surface area contributed by atoms with Crippen molar-refractivity contribution < 1.29 is 18.7 Å². The maximum Gasteiger partial charge on any atom is 0.373 e. The summed E-state index contributed by atoms with van der Waals surface area (Å²) < 4.78 is 16.4. The van der Waals surface area contributed by atoms with Gasteiger partial charge in [-0.25, -0.2) is 9.78 Å². The Balaban J connectivity index is 1.62. The Morgan fingerprint density at radius 3 is 2.66 bits per heavy atom. The SMILES string of the molecule is COC(=O)c1ccc(CSc2nnc(-c3ccc(OC)cc3)c3sc(C)nc23)o1. The summed E-state index contributed by atoms with van der Waals surface area (Å²) in [6.45, 7) is 1.96. The van der Waals surface area contributed by atoms with Gasteiger partial charge >= 0.3 is 5.97 Å². The van der Waals surface area contributed by atoms with Crippen LogP contribution in [0.1, 0.15) is 21.3 Å². The molecule has 0 amide bonds. The number of carbonyl (C=O) groups excluding carboxylic acids is 1. The summed E-state index contributed by atoms with van der Waals surface area (Å²) >= 11 is 3.05. The summed E-state index contributed by atoms with van der Waals surface area (Å²) in [7, 11) is 2.96. The highest BCUT2D eigenvalue weighted by Gasteiger charge is 2.17. The largest absolute Gasteiger partial charge is 0.497 e. The van der Waals surface area contributed by atoms with Crippen LogP contribution in [0.5, 0.6) is 5.75 Å². The lowest BCUT2D eigenvalue weighted by Crippen LogP contribution is -1.98. The lowest BCUT2D eigenvalue weighted by Gasteiger charge is -2.05. The first kappa shape index (κ1) is 19.4. The van der Waals surface area contributed by atoms with Gasteiger partial charge < -0.3 is 13.9 Å². The molecule has 4 rings (SSSR count). The third-order valence-corrected chi connectivity index (χ3v) is 6.11. The minimum atomic E-state index is -0.498. The number of hydrogen-bond donors (Lipinski definition) is 0. The monoisotopic (exact) mass is 427 g/mol. The van der Waals surface area contributed by atoms with Gasteiger partial charge in [-0.15, -0.1) is 21.5 Å². The van der Waals surface area contributed by atoms with Crippen LogP contribution in [0.3, 0.4) is 0 Å². The number of esters is 1. The normalized spacial score (nSPS) is 11.0. The summed E-state index contributed by atoms with van der Waals surface area (Å²) in [6.07, 6.45) is 0. The van der Waals surface area contributed by atoms with Gasteiger partial charge in [-0.2, -0.15) is 0 Å². The number of benzene rings is 1. The van der Waals surface area contributed by atoms with E-state index in [4.69, 9.17) is 9.15 Å². The summed E-state index contributed by atoms with van der Waals surface area (Å²) in [6, 6.07) is 11.1. The van der Waals surface area contributed by atoms with Gasteiger partial charge in [0.15, 0.2) is 0 Å². The third-order valence-electron chi connectivity index (χ3n) is 4.16. The second-order valence-electron chi connectivity index (χ2n) is 6.04. The first-order valence-electron chi connectivity index (χ1n) is 8.67. The van der Waals surface area contributed by atoms with Crippen LogP contribution in [-0.2, 0) is 10.5 Å². The number of ether oxygens (including phenoxy) is 2. The van der Waals surface area contributed by atoms with Crippen LogP contribution < -0.4 is 4.74 Å². The van der Waals surface area contributed by atoms with Gasteiger partial charge in [0.05, 0.1) is 29.7 Å². The molecule has 7 nitrogen and oxygen atoms in total. The summed E-state index contributed by atoms with van der Waals surface area (Å²) in [4.78, 5) is 16.2. The van der Waals surface area contributed by atoms with Crippen molar-refractivity contribution in [2.24, 2.45) is 0 Å². The van der Waals surface area contributed by atoms with E-state index in [9.17, 15) is 4.79 Å². The average Bonchev–Trinajstić information content (AvgIpc) is 3.38. The molecule has 4 aromatic rings. The van der Waals surface area contributed by atoms with E-state index in [-0.39, 0.29) is 5.76 Å². The van der Waals surface area contributed by atoms with Crippen LogP contribution in [0.25, 0.3) is 21.5 Å². The maximum absolute atomic E-state index is 11.5. The number of thioether (sulfide) groups is 1. The van der Waals surface area contributed by atoms with Crippen LogP contribution in [0.2, 0.25) is 0 Å². The first-order chi connectivity index (χ1) is 14.1. The Morgan fingerprint density at radius 2 is 1.93 bits per heavy atom. The van der Waals surface area contributed by atoms with Gasteiger partial charge in [0.25, 0.3) is 0 Å². The third kappa shape index (κ3) is 3.96. The zero-order chi connectivity index (χ0) is 20.4. The van der Waals surface area contributed by atoms with Crippen LogP contribution >= 0.6 is 23.1 Å². The molecule has 0 aliphatic heterocycles. The number of furan rings is 1. The van der Waals surface area contributed by atoms with Gasteiger partial charge in [-0.05, 0) is 43.3 Å². The molecule has 0 radical (unpaired) electrons. The molecular weight excluding hydrogens is 410 g/mol. The van der Waals surface area contributed by atoms with Gasteiger partial charge in [-0.3, -0.25) is 0 Å². The molecule has 0 saturated heterocycles. The van der Waals surface area contributed by atoms with Crippen LogP contribution in [0, 0.1) is 6.92 Å². The van der Waals surface area contributed by atoms with Crippen LogP contribution in [0.15, 0.2) is 45.8 Å². The second kappa shape index (κ2) is 8.22. The number of aryl methyl sites for hydroxylation is 1. The molecule has 3 heterocycles. The topological polar surface area (TPSA) is 87.3 Å². The zero-order valence-corrected chi connectivity index (χ0v) is 17.6. The lowest BCUT2D eigenvalue weighted by atomic mass is 10.1. The Bertz CT molecular complexity index is 1170. The molecule has 9 heteroatoms. The number of thiazole rings is 1. The summed E-state index contributed by atoms with van der Waals surface area (Å²) in [5.41, 5.74) is 2.57. The van der Waals surface area contributed by atoms with Crippen LogP contribution in [0.4, 0.5) is 0 Å². The molecule has 0 saturated carbocycles. The van der Waals surface area contributed by atoms with Crippen molar-refractivity contribution in [3.05, 3.63) is 52.9 Å². The molecule has 0 spiro atoms. The van der Waals surface area contributed by atoms with Crippen molar-refractivity contribution in [2.75, 3.05) is 14.2 Å². The Hall–Kier alpha value is -2.91. The number of rotatable bonds is 6. The number of methoxy groups -OCH3 is 2. The van der Waals surface area contributed by atoms with Gasteiger partial charge in [0, 0.05) is 5.56 Å². The van der Waals surface area contributed by atoms with E-state index < -0.39 is 5.97 Å². The molecule has 29 heavy (non-hydrogen) atoms. The van der Waals surface area contributed by atoms with Gasteiger partial charge in [0.1, 0.15) is 27.7 Å². The van der Waals surface area contributed by atoms with Crippen molar-refractivity contribution in [3.8, 4) is 17.0 Å². The van der Waals surface area contributed by atoms with Gasteiger partial charge in [-0.1, -0.05) is 11.8 Å². The lowest BCUT2D eigenvalue weighted by molar-refractivity contribution is 0.0563. The standard InChI is InChI=1S/C20H17N3O4S2/c1-11-21-17-18(29-11)16(12-4-6-13(25-2)7-5-12)22-23-19(17)28-10-14-8-9-15(27-14)20(24)26-3/h4-9H,10H2,1-3H3. The molecule has 0 N–H and O–H groups in total. The maximum atomic E-state index is 11.5. The Kier molecular flexibility index (Phi) is 5.50. The highest BCUT2D eigenvalue weighted by molar-refractivity contribution is 7.98. The zero-order valence-electron chi connectivity index (χ0n) is 16.0. The number of fused-ring (bicyclic) bond motifs is 1. The predicted molar refractivity (Wildman–Crippen MR) is 112 cm³/mol. The fourth-order valence-electron chi connectivity index (χ4n) is 2.76. The highest BCUT2D eigenvalue weighted by atomic mass is 32.2. The van der Waals surface area contributed by atoms with E-state index in [1.54, 1.807) is 30.6 Å². The molecule has 0 bridgehead atoms. The highest BCUT2D eigenvalue weighted by Crippen LogP contribution is 2.36. The molecule has 0 aliphatic rings. The molecule has 148 valence electrons. The fraction of sp³-hybridized carbons (Fsp3) is 0.200. The van der Waals surface area contributed by atoms with Gasteiger partial charge in [0.2, 0.25) is 5.76 Å². The predicted octanol–water partition coefficient (Wildman–Crippen LogP) is 4.74. The van der Waals surface area contributed by atoms with E-state index in [0.29, 0.717) is 11.5 Å². The minimum absolute atomic E-state index is 0.179. The van der Waals surface area contributed by atoms with Crippen molar-refractivity contribution in [2.45, 2.75) is 17.7 Å². The number of nitrogens with zero attached hydrogens (tertiary/aromatic N) is 3. The summed E-state index contributed by atoms with van der Waals surface area (Å²) in [5, 5.41) is 10.5. The van der Waals surface area contributed by atoms with Crippen molar-refractivity contribution in [1.29, 1.82) is 0 Å². The van der Waals surface area contributed by atoms with Crippen molar-refractivity contribution in [3.63, 3.8) is 0 Å². The smallest absolute Gasteiger partial charge is 0.373 e. The van der Waals surface area contributed by atoms with Crippen LogP contribution in [-0.4, -0.2) is 35.4 Å². The number of hydrogen-bond acceptors (Lipinski definition) is 9. The quantitative estimate of drug-likeness (QED) is 0.322. The molecule has 0 fully saturated rings. The molecule has 3 aromatic heterocycles. The minimum Gasteiger partial charge on any atom is -0.497 e. The van der Waals surface area contributed by atoms with E-state index >= 15 is 0 Å². The van der Waals surface area contributed by atoms with E-state index in [1.807, 2.05) is 31.2 Å². The average molecular weight is 428 g/mol. The van der Waals surface area contributed by atoms with Crippen molar-refractivity contribution in [1.82, 2.24) is 15.2 Å². The molecule has 1 aromatic carbocycles. The molecule has 0 unspecified atom stereocenters. The first-order valence-corrected chi connectivity index (χ1v) is 10.5. The molecule has 0 aliphatic carbocycles. The number of aromatic nitrogens is 3. The second-order valence-corrected chi connectivity index (χ2v) is 8.21. The molecular formula is C20H17N3O4S2. The fourth-order valence-corrected chi connectivity index (χ4v) is 4.57. The van der Waals surface area contributed by atoms with E-state index in [1.165, 1.54) is 18.9 Å². The van der Waals surface area contributed by atoms with E-state index in [2.05, 4.69) is 19.9 Å².